The van der Waals surface area contributed by atoms with Gasteiger partial charge in [-0.1, -0.05) is 6.07 Å². The maximum Gasteiger partial charge on any atom is 0.174 e. The van der Waals surface area contributed by atoms with Gasteiger partial charge in [0.1, 0.15) is 17.6 Å². The summed E-state index contributed by atoms with van der Waals surface area (Å²) in [5.41, 5.74) is 3.73. The van der Waals surface area contributed by atoms with Gasteiger partial charge < -0.3 is 19.5 Å². The van der Waals surface area contributed by atoms with Gasteiger partial charge in [0.2, 0.25) is 0 Å². The lowest BCUT2D eigenvalue weighted by molar-refractivity contribution is 0.242. The van der Waals surface area contributed by atoms with Crippen LogP contribution >= 0.6 is 12.2 Å². The zero-order valence-electron chi connectivity index (χ0n) is 18.9. The first kappa shape index (κ1) is 22.1. The van der Waals surface area contributed by atoms with Crippen molar-refractivity contribution < 1.29 is 9.13 Å². The van der Waals surface area contributed by atoms with Crippen molar-refractivity contribution in [2.75, 3.05) is 4.90 Å². The van der Waals surface area contributed by atoms with E-state index in [2.05, 4.69) is 25.8 Å². The third-order valence-electron chi connectivity index (χ3n) is 5.77. The molecule has 1 aliphatic rings. The summed E-state index contributed by atoms with van der Waals surface area (Å²) >= 11 is 5.83. The van der Waals surface area contributed by atoms with E-state index in [1.807, 2.05) is 68.6 Å². The van der Waals surface area contributed by atoms with Crippen LogP contribution in [0.3, 0.4) is 0 Å². The Morgan fingerprint density at radius 3 is 2.35 bits per heavy atom. The smallest absolute Gasteiger partial charge is 0.174 e. The lowest BCUT2D eigenvalue weighted by atomic mass is 10.0. The molecule has 1 aliphatic heterocycles. The molecule has 0 radical (unpaired) electrons. The van der Waals surface area contributed by atoms with Gasteiger partial charge in [-0.2, -0.15) is 0 Å². The maximum atomic E-state index is 13.6. The number of hydrogen-bond acceptors (Lipinski definition) is 3. The molecule has 1 N–H and O–H groups in total. The minimum Gasteiger partial charge on any atom is -0.491 e. The molecule has 2 atom stereocenters. The zero-order chi connectivity index (χ0) is 23.7. The van der Waals surface area contributed by atoms with Gasteiger partial charge in [0.15, 0.2) is 5.11 Å². The van der Waals surface area contributed by atoms with E-state index in [1.165, 1.54) is 12.1 Å². The molecule has 0 bridgehead atoms. The predicted octanol–water partition coefficient (Wildman–Crippen LogP) is 5.98. The van der Waals surface area contributed by atoms with Gasteiger partial charge in [-0.3, -0.25) is 4.98 Å². The molecule has 34 heavy (non-hydrogen) atoms. The van der Waals surface area contributed by atoms with Crippen LogP contribution in [0.2, 0.25) is 0 Å². The van der Waals surface area contributed by atoms with Crippen molar-refractivity contribution in [1.29, 1.82) is 0 Å². The highest BCUT2D eigenvalue weighted by Crippen LogP contribution is 2.42. The van der Waals surface area contributed by atoms with Crippen molar-refractivity contribution in [2.24, 2.45) is 0 Å². The Morgan fingerprint density at radius 1 is 0.941 bits per heavy atom. The molecule has 172 valence electrons. The third-order valence-corrected chi connectivity index (χ3v) is 6.09. The Labute approximate surface area is 203 Å². The molecule has 1 saturated heterocycles. The standard InChI is InChI=1S/C27H25FN4OS/c1-18(2)33-22-14-12-21(13-15-22)32-26(25(30-27(32)34)23-6-3-4-16-29-23)24-7-5-17-31(24)20-10-8-19(28)9-11-20/h3-18,25-26H,1-2H3,(H,30,34)/t25-,26-/m1/s1. The molecule has 5 nitrogen and oxygen atoms in total. The summed E-state index contributed by atoms with van der Waals surface area (Å²) in [7, 11) is 0. The Kier molecular flexibility index (Phi) is 6.02. The number of hydrogen-bond donors (Lipinski definition) is 1. The number of nitrogens with zero attached hydrogens (tertiary/aromatic N) is 3. The highest BCUT2D eigenvalue weighted by atomic mass is 32.1. The summed E-state index contributed by atoms with van der Waals surface area (Å²) in [6, 6.07) is 24.0. The number of anilines is 1. The predicted molar refractivity (Wildman–Crippen MR) is 136 cm³/mol. The van der Waals surface area contributed by atoms with E-state index in [0.29, 0.717) is 5.11 Å². The number of benzene rings is 2. The van der Waals surface area contributed by atoms with Crippen molar-refractivity contribution in [3.63, 3.8) is 0 Å². The first-order valence-corrected chi connectivity index (χ1v) is 11.6. The molecule has 0 unspecified atom stereocenters. The van der Waals surface area contributed by atoms with Crippen LogP contribution in [-0.2, 0) is 0 Å². The Morgan fingerprint density at radius 2 is 1.68 bits per heavy atom. The lowest BCUT2D eigenvalue weighted by Gasteiger charge is -2.29. The highest BCUT2D eigenvalue weighted by molar-refractivity contribution is 7.80. The number of nitrogens with one attached hydrogen (secondary N) is 1. The molecule has 2 aromatic heterocycles. The van der Waals surface area contributed by atoms with Gasteiger partial charge in [0.25, 0.3) is 0 Å². The molecular formula is C27H25FN4OS. The first-order chi connectivity index (χ1) is 16.5. The molecule has 0 saturated carbocycles. The third kappa shape index (κ3) is 4.26. The fraction of sp³-hybridized carbons (Fsp3) is 0.185. The van der Waals surface area contributed by atoms with Gasteiger partial charge in [0, 0.05) is 29.5 Å². The van der Waals surface area contributed by atoms with Crippen LogP contribution in [-0.4, -0.2) is 20.8 Å². The van der Waals surface area contributed by atoms with Crippen LogP contribution in [0.1, 0.15) is 37.3 Å². The van der Waals surface area contributed by atoms with E-state index in [9.17, 15) is 4.39 Å². The van der Waals surface area contributed by atoms with Crippen LogP contribution in [0.4, 0.5) is 10.1 Å². The Hall–Kier alpha value is -3.71. The normalized spacial score (nSPS) is 17.8. The molecule has 3 heterocycles. The molecule has 4 aromatic rings. The molecule has 5 rings (SSSR count). The lowest BCUT2D eigenvalue weighted by Crippen LogP contribution is -2.30. The van der Waals surface area contributed by atoms with Gasteiger partial charge >= 0.3 is 0 Å². The number of ether oxygens (including phenoxy) is 1. The average Bonchev–Trinajstić information content (AvgIpc) is 3.45. The zero-order valence-corrected chi connectivity index (χ0v) is 19.7. The molecule has 7 heteroatoms. The monoisotopic (exact) mass is 472 g/mol. The minimum absolute atomic E-state index is 0.0978. The number of rotatable bonds is 6. The van der Waals surface area contributed by atoms with Crippen LogP contribution < -0.4 is 15.0 Å². The summed E-state index contributed by atoms with van der Waals surface area (Å²) in [6.07, 6.45) is 3.87. The van der Waals surface area contributed by atoms with Gasteiger partial charge in [-0.25, -0.2) is 4.39 Å². The molecule has 0 amide bonds. The molecule has 0 spiro atoms. The van der Waals surface area contributed by atoms with Gasteiger partial charge in [0.05, 0.1) is 17.8 Å². The van der Waals surface area contributed by atoms with Crippen molar-refractivity contribution in [1.82, 2.24) is 14.9 Å². The van der Waals surface area contributed by atoms with E-state index >= 15 is 0 Å². The number of aromatic nitrogens is 2. The highest BCUT2D eigenvalue weighted by Gasteiger charge is 2.42. The van der Waals surface area contributed by atoms with Gasteiger partial charge in [-0.15, -0.1) is 0 Å². The maximum absolute atomic E-state index is 13.6. The number of thiocarbonyl (C=S) groups is 1. The van der Waals surface area contributed by atoms with Gasteiger partial charge in [-0.05, 0) is 98.9 Å². The Balaban J connectivity index is 1.60. The average molecular weight is 473 g/mol. The summed E-state index contributed by atoms with van der Waals surface area (Å²) in [5, 5.41) is 4.10. The van der Waals surface area contributed by atoms with Crippen LogP contribution in [0, 0.1) is 5.82 Å². The SMILES string of the molecule is CC(C)Oc1ccc(N2C(=S)N[C@H](c3ccccn3)[C@H]2c2cccn2-c2ccc(F)cc2)cc1. The number of pyridine rings is 1. The Bertz CT molecular complexity index is 1270. The van der Waals surface area contributed by atoms with E-state index < -0.39 is 0 Å². The first-order valence-electron chi connectivity index (χ1n) is 11.2. The number of halogens is 1. The summed E-state index contributed by atoms with van der Waals surface area (Å²) in [6.45, 7) is 4.01. The van der Waals surface area contributed by atoms with Crippen LogP contribution in [0.5, 0.6) is 5.75 Å². The largest absolute Gasteiger partial charge is 0.491 e. The van der Waals surface area contributed by atoms with E-state index in [4.69, 9.17) is 17.0 Å². The van der Waals surface area contributed by atoms with Crippen LogP contribution in [0.25, 0.3) is 5.69 Å². The summed E-state index contributed by atoms with van der Waals surface area (Å²) < 4.78 is 21.5. The molecule has 0 aliphatic carbocycles. The second-order valence-corrected chi connectivity index (χ2v) is 8.82. The van der Waals surface area contributed by atoms with E-state index in [1.54, 1.807) is 18.3 Å². The van der Waals surface area contributed by atoms with Crippen molar-refractivity contribution >= 4 is 23.0 Å². The van der Waals surface area contributed by atoms with Crippen molar-refractivity contribution in [3.8, 4) is 11.4 Å². The molecule has 2 aromatic carbocycles. The van der Waals surface area contributed by atoms with E-state index in [0.717, 1.165) is 28.5 Å². The summed E-state index contributed by atoms with van der Waals surface area (Å²) in [5.74, 6) is 0.544. The molecular weight excluding hydrogens is 447 g/mol. The fourth-order valence-electron chi connectivity index (χ4n) is 4.36. The fourth-order valence-corrected chi connectivity index (χ4v) is 4.71. The van der Waals surface area contributed by atoms with Crippen molar-refractivity contribution in [2.45, 2.75) is 32.0 Å². The second kappa shape index (κ2) is 9.27. The minimum atomic E-state index is -0.266. The van der Waals surface area contributed by atoms with Crippen LogP contribution in [0.15, 0.2) is 91.3 Å². The molecule has 1 fully saturated rings. The van der Waals surface area contributed by atoms with Crippen molar-refractivity contribution in [3.05, 3.63) is 108 Å². The topological polar surface area (TPSA) is 42.3 Å². The second-order valence-electron chi connectivity index (χ2n) is 8.44. The summed E-state index contributed by atoms with van der Waals surface area (Å²) in [4.78, 5) is 6.73. The van der Waals surface area contributed by atoms with E-state index in [-0.39, 0.29) is 24.0 Å². The quantitative estimate of drug-likeness (QED) is 0.350.